The lowest BCUT2D eigenvalue weighted by molar-refractivity contribution is -0.174. The minimum Gasteiger partial charge on any atom is -0.469 e. The lowest BCUT2D eigenvalue weighted by Crippen LogP contribution is -2.34. The molecule has 7 heteroatoms. The lowest BCUT2D eigenvalue weighted by atomic mass is 9.91. The average Bonchev–Trinajstić information content (AvgIpc) is 2.66. The van der Waals surface area contributed by atoms with Gasteiger partial charge in [0.2, 0.25) is 0 Å². The van der Waals surface area contributed by atoms with Crippen LogP contribution in [0.3, 0.4) is 0 Å². The van der Waals surface area contributed by atoms with Gasteiger partial charge in [0.1, 0.15) is 0 Å². The van der Waals surface area contributed by atoms with Gasteiger partial charge in [0, 0.05) is 18.2 Å². The van der Waals surface area contributed by atoms with Crippen molar-refractivity contribution in [3.05, 3.63) is 54.2 Å². The molecule has 0 radical (unpaired) electrons. The Bertz CT molecular complexity index is 765. The first-order chi connectivity index (χ1) is 12.4. The van der Waals surface area contributed by atoms with Gasteiger partial charge in [-0.05, 0) is 30.7 Å². The topological polar surface area (TPSA) is 65.5 Å². The van der Waals surface area contributed by atoms with Crippen molar-refractivity contribution in [3.63, 3.8) is 0 Å². The molecular weight excluding hydrogens is 344 g/mol. The molecule has 0 amide bonds. The van der Waals surface area contributed by atoms with Gasteiger partial charge < -0.3 is 9.47 Å². The minimum atomic E-state index is -3.81. The van der Waals surface area contributed by atoms with Gasteiger partial charge in [-0.2, -0.15) is 8.78 Å². The lowest BCUT2D eigenvalue weighted by Gasteiger charge is -2.21. The third kappa shape index (κ3) is 4.62. The predicted octanol–water partition coefficient (Wildman–Crippen LogP) is 3.59. The summed E-state index contributed by atoms with van der Waals surface area (Å²) in [7, 11) is 1.11. The fourth-order valence-corrected chi connectivity index (χ4v) is 2.50. The van der Waals surface area contributed by atoms with Crippen molar-refractivity contribution in [1.82, 2.24) is 4.98 Å². The SMILES string of the molecule is CCOC(=O)C(F)(F)C[C@H](C(=O)OC)c1cccc(-c2ccccn2)c1. The third-order valence-corrected chi connectivity index (χ3v) is 3.77. The van der Waals surface area contributed by atoms with Gasteiger partial charge in [-0.1, -0.05) is 24.3 Å². The number of methoxy groups -OCH3 is 1. The van der Waals surface area contributed by atoms with Crippen molar-refractivity contribution >= 4 is 11.9 Å². The van der Waals surface area contributed by atoms with Crippen LogP contribution in [-0.4, -0.2) is 36.6 Å². The first-order valence-corrected chi connectivity index (χ1v) is 8.03. The van der Waals surface area contributed by atoms with E-state index < -0.39 is 30.2 Å². The molecule has 0 aliphatic rings. The van der Waals surface area contributed by atoms with Crippen LogP contribution >= 0.6 is 0 Å². The Balaban J connectivity index is 2.36. The number of hydrogen-bond donors (Lipinski definition) is 0. The van der Waals surface area contributed by atoms with Crippen molar-refractivity contribution in [2.24, 2.45) is 0 Å². The molecule has 5 nitrogen and oxygen atoms in total. The van der Waals surface area contributed by atoms with E-state index in [1.807, 2.05) is 0 Å². The Kier molecular flexibility index (Phi) is 6.38. The summed E-state index contributed by atoms with van der Waals surface area (Å²) in [6.07, 6.45) is 0.568. The van der Waals surface area contributed by atoms with E-state index in [4.69, 9.17) is 0 Å². The van der Waals surface area contributed by atoms with E-state index in [1.165, 1.54) is 13.0 Å². The van der Waals surface area contributed by atoms with Gasteiger partial charge in [0.25, 0.3) is 0 Å². The number of esters is 2. The van der Waals surface area contributed by atoms with Crippen molar-refractivity contribution < 1.29 is 27.8 Å². The maximum atomic E-state index is 14.2. The number of nitrogens with zero attached hydrogens (tertiary/aromatic N) is 1. The largest absolute Gasteiger partial charge is 0.469 e. The molecule has 0 aliphatic heterocycles. The van der Waals surface area contributed by atoms with E-state index in [-0.39, 0.29) is 6.61 Å². The number of halogens is 2. The van der Waals surface area contributed by atoms with Crippen molar-refractivity contribution in [2.45, 2.75) is 25.2 Å². The van der Waals surface area contributed by atoms with Crippen LogP contribution in [0.1, 0.15) is 24.8 Å². The molecular formula is C19H19F2NO4. The van der Waals surface area contributed by atoms with E-state index in [1.54, 1.807) is 42.6 Å². The zero-order chi connectivity index (χ0) is 19.2. The van der Waals surface area contributed by atoms with Crippen LogP contribution in [0.15, 0.2) is 48.7 Å². The van der Waals surface area contributed by atoms with Gasteiger partial charge in [0.15, 0.2) is 0 Å². The molecule has 0 aliphatic carbocycles. The monoisotopic (exact) mass is 363 g/mol. The summed E-state index contributed by atoms with van der Waals surface area (Å²) in [5.41, 5.74) is 1.61. The second-order valence-corrected chi connectivity index (χ2v) is 5.55. The molecule has 2 rings (SSSR count). The van der Waals surface area contributed by atoms with E-state index in [9.17, 15) is 18.4 Å². The molecule has 138 valence electrons. The summed E-state index contributed by atoms with van der Waals surface area (Å²) in [6.45, 7) is 1.26. The van der Waals surface area contributed by atoms with E-state index in [0.717, 1.165) is 7.11 Å². The third-order valence-electron chi connectivity index (χ3n) is 3.77. The Labute approximate surface area is 150 Å². The molecule has 26 heavy (non-hydrogen) atoms. The summed E-state index contributed by atoms with van der Waals surface area (Å²) in [4.78, 5) is 27.8. The van der Waals surface area contributed by atoms with Crippen LogP contribution in [0.25, 0.3) is 11.3 Å². The molecule has 0 unspecified atom stereocenters. The molecule has 0 N–H and O–H groups in total. The Morgan fingerprint density at radius 1 is 1.19 bits per heavy atom. The quantitative estimate of drug-likeness (QED) is 0.704. The molecule has 0 fully saturated rings. The fraction of sp³-hybridized carbons (Fsp3) is 0.316. The van der Waals surface area contributed by atoms with Crippen LogP contribution in [0.4, 0.5) is 8.78 Å². The summed E-state index contributed by atoms with van der Waals surface area (Å²) in [6, 6.07) is 11.8. The molecule has 0 saturated carbocycles. The van der Waals surface area contributed by atoms with Crippen molar-refractivity contribution in [3.8, 4) is 11.3 Å². The molecule has 1 atom stereocenters. The van der Waals surface area contributed by atoms with Crippen LogP contribution < -0.4 is 0 Å². The number of carbonyl (C=O) groups excluding carboxylic acids is 2. The molecule has 1 aromatic heterocycles. The van der Waals surface area contributed by atoms with Crippen LogP contribution in [0, 0.1) is 0 Å². The normalized spacial score (nSPS) is 12.3. The summed E-state index contributed by atoms with van der Waals surface area (Å²) < 4.78 is 37.4. The highest BCUT2D eigenvalue weighted by Crippen LogP contribution is 2.33. The molecule has 2 aromatic rings. The second kappa shape index (κ2) is 8.51. The van der Waals surface area contributed by atoms with Crippen molar-refractivity contribution in [2.75, 3.05) is 13.7 Å². The summed E-state index contributed by atoms with van der Waals surface area (Å²) in [5.74, 6) is -7.64. The van der Waals surface area contributed by atoms with Gasteiger partial charge in [-0.25, -0.2) is 4.79 Å². The number of pyridine rings is 1. The second-order valence-electron chi connectivity index (χ2n) is 5.55. The highest BCUT2D eigenvalue weighted by Gasteiger charge is 2.45. The number of hydrogen-bond acceptors (Lipinski definition) is 5. The molecule has 1 heterocycles. The van der Waals surface area contributed by atoms with E-state index >= 15 is 0 Å². The molecule has 0 bridgehead atoms. The summed E-state index contributed by atoms with van der Waals surface area (Å²) >= 11 is 0. The predicted molar refractivity (Wildman–Crippen MR) is 90.6 cm³/mol. The minimum absolute atomic E-state index is 0.174. The van der Waals surface area contributed by atoms with E-state index in [2.05, 4.69) is 14.5 Å². The first-order valence-electron chi connectivity index (χ1n) is 8.03. The van der Waals surface area contributed by atoms with Crippen molar-refractivity contribution in [1.29, 1.82) is 0 Å². The Hall–Kier alpha value is -2.83. The van der Waals surface area contributed by atoms with Crippen LogP contribution in [0.2, 0.25) is 0 Å². The van der Waals surface area contributed by atoms with E-state index in [0.29, 0.717) is 16.8 Å². The number of aromatic nitrogens is 1. The number of carbonyl (C=O) groups is 2. The number of ether oxygens (including phenoxy) is 2. The standard InChI is InChI=1S/C19H19F2NO4/c1-3-26-18(24)19(20,21)12-15(17(23)25-2)13-7-6-8-14(11-13)16-9-4-5-10-22-16/h4-11,15H,3,12H2,1-2H3/t15-/m0/s1. The smallest absolute Gasteiger partial charge is 0.377 e. The maximum absolute atomic E-state index is 14.2. The average molecular weight is 363 g/mol. The molecule has 1 aromatic carbocycles. The van der Waals surface area contributed by atoms with Crippen LogP contribution in [0.5, 0.6) is 0 Å². The number of benzene rings is 1. The van der Waals surface area contributed by atoms with Gasteiger partial charge >= 0.3 is 17.9 Å². The Morgan fingerprint density at radius 3 is 2.58 bits per heavy atom. The maximum Gasteiger partial charge on any atom is 0.377 e. The fourth-order valence-electron chi connectivity index (χ4n) is 2.50. The van der Waals surface area contributed by atoms with Gasteiger partial charge in [-0.15, -0.1) is 0 Å². The van der Waals surface area contributed by atoms with Gasteiger partial charge in [-0.3, -0.25) is 9.78 Å². The zero-order valence-electron chi connectivity index (χ0n) is 14.4. The summed E-state index contributed by atoms with van der Waals surface area (Å²) in [5, 5.41) is 0. The highest BCUT2D eigenvalue weighted by molar-refractivity contribution is 5.82. The highest BCUT2D eigenvalue weighted by atomic mass is 19.3. The van der Waals surface area contributed by atoms with Crippen LogP contribution in [-0.2, 0) is 19.1 Å². The first kappa shape index (κ1) is 19.5. The molecule has 0 spiro atoms. The van der Waals surface area contributed by atoms with Gasteiger partial charge in [0.05, 0.1) is 25.3 Å². The Morgan fingerprint density at radius 2 is 1.96 bits per heavy atom. The zero-order valence-corrected chi connectivity index (χ0v) is 14.4. The number of alkyl halides is 2. The number of rotatable bonds is 7. The molecule has 0 saturated heterocycles.